The third-order valence-electron chi connectivity index (χ3n) is 1.95. The van der Waals surface area contributed by atoms with Gasteiger partial charge in [-0.1, -0.05) is 12.1 Å². The summed E-state index contributed by atoms with van der Waals surface area (Å²) < 4.78 is 13.9. The van der Waals surface area contributed by atoms with E-state index < -0.39 is 0 Å². The quantitative estimate of drug-likeness (QED) is 0.897. The second kappa shape index (κ2) is 5.44. The molecule has 0 aliphatic carbocycles. The van der Waals surface area contributed by atoms with E-state index in [1.165, 1.54) is 0 Å². The van der Waals surface area contributed by atoms with Crippen molar-refractivity contribution in [3.05, 3.63) is 34.1 Å². The van der Waals surface area contributed by atoms with Crippen molar-refractivity contribution in [2.75, 3.05) is 20.2 Å². The molecule has 1 aromatic rings. The van der Waals surface area contributed by atoms with Crippen molar-refractivity contribution in [3.8, 4) is 0 Å². The monoisotopic (exact) mass is 261 g/mol. The van der Waals surface area contributed by atoms with Crippen molar-refractivity contribution >= 4 is 15.9 Å². The second-order valence-electron chi connectivity index (χ2n) is 3.17. The van der Waals surface area contributed by atoms with Crippen molar-refractivity contribution in [2.24, 2.45) is 0 Å². The molecule has 2 nitrogen and oxygen atoms in total. The number of aliphatic hydroxyl groups excluding tert-OH is 1. The zero-order valence-corrected chi connectivity index (χ0v) is 9.59. The van der Waals surface area contributed by atoms with Crippen LogP contribution in [0.5, 0.6) is 0 Å². The van der Waals surface area contributed by atoms with Crippen molar-refractivity contribution in [2.45, 2.75) is 6.54 Å². The van der Waals surface area contributed by atoms with Crippen LogP contribution in [-0.4, -0.2) is 30.2 Å². The summed E-state index contributed by atoms with van der Waals surface area (Å²) in [7, 11) is 1.84. The van der Waals surface area contributed by atoms with Crippen LogP contribution in [0.3, 0.4) is 0 Å². The largest absolute Gasteiger partial charge is 0.395 e. The van der Waals surface area contributed by atoms with Crippen LogP contribution < -0.4 is 0 Å². The maximum absolute atomic E-state index is 13.5. The van der Waals surface area contributed by atoms with Crippen molar-refractivity contribution in [1.82, 2.24) is 4.90 Å². The highest BCUT2D eigenvalue weighted by Gasteiger charge is 2.07. The molecule has 0 saturated heterocycles. The molecule has 78 valence electrons. The third-order valence-corrected chi connectivity index (χ3v) is 2.57. The van der Waals surface area contributed by atoms with Gasteiger partial charge in [0.1, 0.15) is 5.82 Å². The van der Waals surface area contributed by atoms with Crippen molar-refractivity contribution < 1.29 is 9.50 Å². The first-order valence-electron chi connectivity index (χ1n) is 4.37. The predicted molar refractivity (Wildman–Crippen MR) is 57.5 cm³/mol. The summed E-state index contributed by atoms with van der Waals surface area (Å²) in [5.74, 6) is -0.225. The fraction of sp³-hybridized carbons (Fsp3) is 0.400. The Hall–Kier alpha value is -0.450. The lowest BCUT2D eigenvalue weighted by Crippen LogP contribution is -2.22. The first kappa shape index (κ1) is 11.6. The van der Waals surface area contributed by atoms with Crippen LogP contribution in [0, 0.1) is 5.82 Å². The molecule has 0 fully saturated rings. The predicted octanol–water partition coefficient (Wildman–Crippen LogP) is 2.01. The Morgan fingerprint density at radius 2 is 2.21 bits per heavy atom. The minimum absolute atomic E-state index is 0.0894. The lowest BCUT2D eigenvalue weighted by Gasteiger charge is -2.15. The zero-order chi connectivity index (χ0) is 10.6. The Balaban J connectivity index is 2.71. The van der Waals surface area contributed by atoms with Gasteiger partial charge in [-0.3, -0.25) is 4.90 Å². The summed E-state index contributed by atoms with van der Waals surface area (Å²) in [5, 5.41) is 8.69. The highest BCUT2D eigenvalue weighted by atomic mass is 79.9. The Kier molecular flexibility index (Phi) is 4.51. The van der Waals surface area contributed by atoms with E-state index in [0.29, 0.717) is 23.1 Å². The molecule has 0 spiro atoms. The van der Waals surface area contributed by atoms with Crippen LogP contribution in [0.15, 0.2) is 22.7 Å². The number of hydrogen-bond acceptors (Lipinski definition) is 2. The molecule has 14 heavy (non-hydrogen) atoms. The average molecular weight is 262 g/mol. The number of halogens is 2. The van der Waals surface area contributed by atoms with Gasteiger partial charge in [-0.2, -0.15) is 0 Å². The molecule has 0 bridgehead atoms. The van der Waals surface area contributed by atoms with Crippen LogP contribution in [0.1, 0.15) is 5.56 Å². The first-order valence-corrected chi connectivity index (χ1v) is 5.16. The second-order valence-corrected chi connectivity index (χ2v) is 4.03. The molecular weight excluding hydrogens is 249 g/mol. The van der Waals surface area contributed by atoms with Gasteiger partial charge >= 0.3 is 0 Å². The molecule has 0 unspecified atom stereocenters. The number of benzene rings is 1. The summed E-state index contributed by atoms with van der Waals surface area (Å²) in [4.78, 5) is 1.87. The van der Waals surface area contributed by atoms with Gasteiger partial charge < -0.3 is 5.11 Å². The Labute approximate surface area is 91.5 Å². The van der Waals surface area contributed by atoms with Crippen molar-refractivity contribution in [3.63, 3.8) is 0 Å². The van der Waals surface area contributed by atoms with Gasteiger partial charge in [-0.15, -0.1) is 0 Å². The van der Waals surface area contributed by atoms with Gasteiger partial charge in [0.15, 0.2) is 0 Å². The summed E-state index contributed by atoms with van der Waals surface area (Å²) in [5.41, 5.74) is 0.635. The van der Waals surface area contributed by atoms with Crippen LogP contribution in [0.4, 0.5) is 4.39 Å². The van der Waals surface area contributed by atoms with Gasteiger partial charge in [-0.05, 0) is 29.0 Å². The lowest BCUT2D eigenvalue weighted by atomic mass is 10.2. The van der Waals surface area contributed by atoms with E-state index in [0.717, 1.165) is 0 Å². The molecule has 0 radical (unpaired) electrons. The average Bonchev–Trinajstić information content (AvgIpc) is 2.13. The fourth-order valence-electron chi connectivity index (χ4n) is 1.21. The first-order chi connectivity index (χ1) is 6.65. The molecule has 1 rings (SSSR count). The van der Waals surface area contributed by atoms with Crippen LogP contribution >= 0.6 is 15.9 Å². The fourth-order valence-corrected chi connectivity index (χ4v) is 1.62. The molecule has 0 saturated carbocycles. The van der Waals surface area contributed by atoms with E-state index in [2.05, 4.69) is 15.9 Å². The number of nitrogens with zero attached hydrogens (tertiary/aromatic N) is 1. The van der Waals surface area contributed by atoms with Gasteiger partial charge in [0.25, 0.3) is 0 Å². The molecule has 1 N–H and O–H groups in total. The molecule has 0 aliphatic rings. The molecule has 0 atom stereocenters. The Morgan fingerprint density at radius 3 is 2.86 bits per heavy atom. The van der Waals surface area contributed by atoms with Gasteiger partial charge in [0.05, 0.1) is 11.1 Å². The highest BCUT2D eigenvalue weighted by molar-refractivity contribution is 9.10. The molecule has 0 aliphatic heterocycles. The topological polar surface area (TPSA) is 23.5 Å². The number of aliphatic hydroxyl groups is 1. The van der Waals surface area contributed by atoms with Crippen LogP contribution in [0.2, 0.25) is 0 Å². The highest BCUT2D eigenvalue weighted by Crippen LogP contribution is 2.19. The maximum atomic E-state index is 13.5. The van der Waals surface area contributed by atoms with E-state index in [-0.39, 0.29) is 12.4 Å². The van der Waals surface area contributed by atoms with Crippen LogP contribution in [-0.2, 0) is 6.54 Å². The van der Waals surface area contributed by atoms with Gasteiger partial charge in [0.2, 0.25) is 0 Å². The molecule has 0 amide bonds. The van der Waals surface area contributed by atoms with Gasteiger partial charge in [-0.25, -0.2) is 4.39 Å². The molecular formula is C10H13BrFNO. The molecule has 1 aromatic carbocycles. The van der Waals surface area contributed by atoms with E-state index in [1.807, 2.05) is 11.9 Å². The maximum Gasteiger partial charge on any atom is 0.141 e. The molecule has 4 heteroatoms. The van der Waals surface area contributed by atoms with Gasteiger partial charge in [0, 0.05) is 18.7 Å². The number of likely N-dealkylation sites (N-methyl/N-ethyl adjacent to an activating group) is 1. The summed E-state index contributed by atoms with van der Waals surface area (Å²) in [6, 6.07) is 5.22. The summed E-state index contributed by atoms with van der Waals surface area (Å²) in [6.45, 7) is 1.14. The molecule has 0 aromatic heterocycles. The smallest absolute Gasteiger partial charge is 0.141 e. The number of hydrogen-bond donors (Lipinski definition) is 1. The lowest BCUT2D eigenvalue weighted by molar-refractivity contribution is 0.216. The standard InChI is InChI=1S/C10H13BrFNO/c1-13(5-6-14)7-8-3-2-4-9(11)10(8)12/h2-4,14H,5-7H2,1H3. The Bertz CT molecular complexity index is 306. The summed E-state index contributed by atoms with van der Waals surface area (Å²) in [6.07, 6.45) is 0. The minimum Gasteiger partial charge on any atom is -0.395 e. The SMILES string of the molecule is CN(CCO)Cc1cccc(Br)c1F. The van der Waals surface area contributed by atoms with E-state index in [1.54, 1.807) is 18.2 Å². The summed E-state index contributed by atoms with van der Waals surface area (Å²) >= 11 is 3.13. The van der Waals surface area contributed by atoms with E-state index >= 15 is 0 Å². The molecule has 0 heterocycles. The Morgan fingerprint density at radius 1 is 1.50 bits per heavy atom. The number of rotatable bonds is 4. The van der Waals surface area contributed by atoms with E-state index in [4.69, 9.17) is 5.11 Å². The van der Waals surface area contributed by atoms with Crippen molar-refractivity contribution in [1.29, 1.82) is 0 Å². The minimum atomic E-state index is -0.225. The third kappa shape index (κ3) is 3.04. The normalized spacial score (nSPS) is 10.9. The van der Waals surface area contributed by atoms with E-state index in [9.17, 15) is 4.39 Å². The van der Waals surface area contributed by atoms with Crippen LogP contribution in [0.25, 0.3) is 0 Å². The zero-order valence-electron chi connectivity index (χ0n) is 8.00.